The highest BCUT2D eigenvalue weighted by molar-refractivity contribution is 5.91. The zero-order valence-electron chi connectivity index (χ0n) is 12.4. The van der Waals surface area contributed by atoms with E-state index in [1.54, 1.807) is 0 Å². The Morgan fingerprint density at radius 2 is 1.86 bits per heavy atom. The summed E-state index contributed by atoms with van der Waals surface area (Å²) in [6.07, 6.45) is 6.80. The first kappa shape index (κ1) is 15.8. The summed E-state index contributed by atoms with van der Waals surface area (Å²) >= 11 is 0. The van der Waals surface area contributed by atoms with E-state index in [1.807, 2.05) is 0 Å². The van der Waals surface area contributed by atoms with Crippen molar-refractivity contribution >= 4 is 17.3 Å². The molecule has 0 aliphatic carbocycles. The van der Waals surface area contributed by atoms with Gasteiger partial charge in [-0.1, -0.05) is 19.3 Å². The Hall–Kier alpha value is -1.62. The highest BCUT2D eigenvalue weighted by atomic mass is 19.1. The second-order valence-corrected chi connectivity index (χ2v) is 5.64. The lowest BCUT2D eigenvalue weighted by Gasteiger charge is -2.24. The summed E-state index contributed by atoms with van der Waals surface area (Å²) in [5, 5.41) is 2.77. The Morgan fingerprint density at radius 3 is 2.52 bits per heavy atom. The molecule has 3 N–H and O–H groups in total. The number of likely N-dealkylation sites (tertiary alicyclic amines) is 1. The molecule has 116 valence electrons. The van der Waals surface area contributed by atoms with Gasteiger partial charge in [0, 0.05) is 18.7 Å². The van der Waals surface area contributed by atoms with Gasteiger partial charge in [0.2, 0.25) is 5.91 Å². The number of nitrogens with zero attached hydrogens (tertiary/aromatic N) is 1. The first-order valence-electron chi connectivity index (χ1n) is 7.72. The average molecular weight is 293 g/mol. The second kappa shape index (κ2) is 7.98. The Balaban J connectivity index is 1.77. The van der Waals surface area contributed by atoms with Crippen LogP contribution in [0.2, 0.25) is 0 Å². The van der Waals surface area contributed by atoms with Crippen molar-refractivity contribution in [1.82, 2.24) is 4.90 Å². The van der Waals surface area contributed by atoms with Gasteiger partial charge in [-0.3, -0.25) is 4.79 Å². The van der Waals surface area contributed by atoms with Crippen molar-refractivity contribution in [1.29, 1.82) is 0 Å². The highest BCUT2D eigenvalue weighted by Gasteiger charge is 2.11. The number of hydrogen-bond acceptors (Lipinski definition) is 3. The molecule has 0 aromatic heterocycles. The fourth-order valence-corrected chi connectivity index (χ4v) is 2.64. The van der Waals surface area contributed by atoms with Crippen molar-refractivity contribution in [3.8, 4) is 0 Å². The molecule has 0 spiro atoms. The van der Waals surface area contributed by atoms with Crippen LogP contribution in [-0.2, 0) is 4.79 Å². The quantitative estimate of drug-likeness (QED) is 0.839. The van der Waals surface area contributed by atoms with Crippen LogP contribution in [0.3, 0.4) is 0 Å². The van der Waals surface area contributed by atoms with E-state index in [-0.39, 0.29) is 11.6 Å². The number of halogens is 1. The molecule has 0 saturated carbocycles. The van der Waals surface area contributed by atoms with Gasteiger partial charge in [0.05, 0.1) is 5.69 Å². The van der Waals surface area contributed by atoms with E-state index in [9.17, 15) is 9.18 Å². The van der Waals surface area contributed by atoms with Crippen LogP contribution in [0.1, 0.15) is 38.5 Å². The number of nitrogen functional groups attached to an aromatic ring is 1. The number of benzene rings is 1. The standard InChI is InChI=1S/C16H24FN3O/c17-14-7-6-13(12-15(14)18)19-16(21)8-11-20-9-4-2-1-3-5-10-20/h6-7,12H,1-5,8-11,18H2,(H,19,21). The molecule has 0 unspecified atom stereocenters. The third-order valence-corrected chi connectivity index (χ3v) is 3.88. The Labute approximate surface area is 125 Å². The molecule has 0 bridgehead atoms. The van der Waals surface area contributed by atoms with Crippen molar-refractivity contribution in [2.75, 3.05) is 30.7 Å². The lowest BCUT2D eigenvalue weighted by Crippen LogP contribution is -2.30. The summed E-state index contributed by atoms with van der Waals surface area (Å²) in [6, 6.07) is 4.24. The van der Waals surface area contributed by atoms with Gasteiger partial charge in [-0.15, -0.1) is 0 Å². The molecular weight excluding hydrogens is 269 g/mol. The van der Waals surface area contributed by atoms with E-state index >= 15 is 0 Å². The molecule has 0 atom stereocenters. The molecule has 1 saturated heterocycles. The number of hydrogen-bond donors (Lipinski definition) is 2. The largest absolute Gasteiger partial charge is 0.396 e. The van der Waals surface area contributed by atoms with Gasteiger partial charge in [-0.05, 0) is 44.1 Å². The SMILES string of the molecule is Nc1cc(NC(=O)CCN2CCCCCCC2)ccc1F. The zero-order chi connectivity index (χ0) is 15.1. The van der Waals surface area contributed by atoms with E-state index in [0.717, 1.165) is 19.6 Å². The maximum atomic E-state index is 13.1. The van der Waals surface area contributed by atoms with Crippen molar-refractivity contribution in [3.63, 3.8) is 0 Å². The van der Waals surface area contributed by atoms with Gasteiger partial charge in [0.15, 0.2) is 0 Å². The monoisotopic (exact) mass is 293 g/mol. The number of nitrogens with one attached hydrogen (secondary N) is 1. The fourth-order valence-electron chi connectivity index (χ4n) is 2.64. The van der Waals surface area contributed by atoms with Crippen LogP contribution in [0.15, 0.2) is 18.2 Å². The van der Waals surface area contributed by atoms with Crippen LogP contribution >= 0.6 is 0 Å². The van der Waals surface area contributed by atoms with Gasteiger partial charge in [0.1, 0.15) is 5.82 Å². The minimum atomic E-state index is -0.464. The topological polar surface area (TPSA) is 58.4 Å². The zero-order valence-corrected chi connectivity index (χ0v) is 12.4. The Bertz CT molecular complexity index is 471. The molecular formula is C16H24FN3O. The lowest BCUT2D eigenvalue weighted by molar-refractivity contribution is -0.116. The predicted molar refractivity (Wildman–Crippen MR) is 83.6 cm³/mol. The Kier molecular flexibility index (Phi) is 5.99. The molecule has 5 heteroatoms. The maximum Gasteiger partial charge on any atom is 0.225 e. The summed E-state index contributed by atoms with van der Waals surface area (Å²) in [5.74, 6) is -0.517. The fraction of sp³-hybridized carbons (Fsp3) is 0.562. The number of amides is 1. The molecule has 1 aliphatic heterocycles. The molecule has 1 heterocycles. The molecule has 1 aromatic rings. The molecule has 1 fully saturated rings. The number of anilines is 2. The van der Waals surface area contributed by atoms with Crippen LogP contribution < -0.4 is 11.1 Å². The Morgan fingerprint density at radius 1 is 1.19 bits per heavy atom. The second-order valence-electron chi connectivity index (χ2n) is 5.64. The van der Waals surface area contributed by atoms with Crippen molar-refractivity contribution in [2.24, 2.45) is 0 Å². The van der Waals surface area contributed by atoms with Crippen molar-refractivity contribution in [3.05, 3.63) is 24.0 Å². The van der Waals surface area contributed by atoms with Crippen LogP contribution in [0.25, 0.3) is 0 Å². The molecule has 0 radical (unpaired) electrons. The smallest absolute Gasteiger partial charge is 0.225 e. The average Bonchev–Trinajstić information content (AvgIpc) is 2.42. The first-order chi connectivity index (χ1) is 10.1. The van der Waals surface area contributed by atoms with E-state index in [0.29, 0.717) is 12.1 Å². The summed E-state index contributed by atoms with van der Waals surface area (Å²) in [4.78, 5) is 14.3. The van der Waals surface area contributed by atoms with Crippen LogP contribution in [0.4, 0.5) is 15.8 Å². The van der Waals surface area contributed by atoms with Gasteiger partial charge < -0.3 is 16.0 Å². The third-order valence-electron chi connectivity index (χ3n) is 3.88. The summed E-state index contributed by atoms with van der Waals surface area (Å²) in [6.45, 7) is 2.94. The van der Waals surface area contributed by atoms with Gasteiger partial charge >= 0.3 is 0 Å². The van der Waals surface area contributed by atoms with Crippen molar-refractivity contribution < 1.29 is 9.18 Å². The van der Waals surface area contributed by atoms with Gasteiger partial charge in [-0.25, -0.2) is 4.39 Å². The van der Waals surface area contributed by atoms with E-state index in [1.165, 1.54) is 50.3 Å². The lowest BCUT2D eigenvalue weighted by atomic mass is 10.1. The third kappa shape index (κ3) is 5.34. The maximum absolute atomic E-state index is 13.1. The van der Waals surface area contributed by atoms with E-state index in [4.69, 9.17) is 5.73 Å². The first-order valence-corrected chi connectivity index (χ1v) is 7.72. The minimum Gasteiger partial charge on any atom is -0.396 e. The number of carbonyl (C=O) groups is 1. The molecule has 1 amide bonds. The predicted octanol–water partition coefficient (Wildman–Crippen LogP) is 3.00. The molecule has 2 rings (SSSR count). The molecule has 1 aromatic carbocycles. The highest BCUT2D eigenvalue weighted by Crippen LogP contribution is 2.16. The van der Waals surface area contributed by atoms with Crippen LogP contribution in [0, 0.1) is 5.82 Å². The summed E-state index contributed by atoms with van der Waals surface area (Å²) in [7, 11) is 0. The van der Waals surface area contributed by atoms with E-state index < -0.39 is 5.82 Å². The van der Waals surface area contributed by atoms with Crippen LogP contribution in [-0.4, -0.2) is 30.4 Å². The minimum absolute atomic E-state index is 0.0524. The molecule has 1 aliphatic rings. The summed E-state index contributed by atoms with van der Waals surface area (Å²) < 4.78 is 13.1. The van der Waals surface area contributed by atoms with Crippen LogP contribution in [0.5, 0.6) is 0 Å². The number of nitrogens with two attached hydrogens (primary N) is 1. The summed E-state index contributed by atoms with van der Waals surface area (Å²) in [5.41, 5.74) is 6.08. The van der Waals surface area contributed by atoms with Gasteiger partial charge in [-0.2, -0.15) is 0 Å². The van der Waals surface area contributed by atoms with Gasteiger partial charge in [0.25, 0.3) is 0 Å². The van der Waals surface area contributed by atoms with Crippen molar-refractivity contribution in [2.45, 2.75) is 38.5 Å². The van der Waals surface area contributed by atoms with E-state index in [2.05, 4.69) is 10.2 Å². The number of rotatable bonds is 4. The number of carbonyl (C=O) groups excluding carboxylic acids is 1. The molecule has 21 heavy (non-hydrogen) atoms. The normalized spacial score (nSPS) is 17.0. The molecule has 4 nitrogen and oxygen atoms in total.